The molecule has 0 atom stereocenters. The van der Waals surface area contributed by atoms with Crippen LogP contribution in [0.15, 0.2) is 47.6 Å². The van der Waals surface area contributed by atoms with E-state index in [2.05, 4.69) is 30.4 Å². The largest absolute Gasteiger partial charge is 0.395 e. The Balaban J connectivity index is 1.68. The highest BCUT2D eigenvalue weighted by molar-refractivity contribution is 6.04. The van der Waals surface area contributed by atoms with E-state index in [1.54, 1.807) is 35.1 Å². The number of nitrogens with one attached hydrogen (secondary N) is 1. The SMILES string of the molecule is CC1(C)C(N)=Nc2nc(-c3nn(Cc4ccccc4F)c4ncccc34)nc(C(=O)NCCO)c21. The number of amidine groups is 1. The van der Waals surface area contributed by atoms with Crippen molar-refractivity contribution in [3.8, 4) is 11.5 Å². The number of aromatic nitrogens is 5. The Bertz CT molecular complexity index is 1490. The molecule has 0 saturated carbocycles. The molecule has 1 aliphatic heterocycles. The van der Waals surface area contributed by atoms with Crippen LogP contribution in [0, 0.1) is 5.82 Å². The molecule has 1 aliphatic rings. The molecule has 3 aromatic heterocycles. The van der Waals surface area contributed by atoms with Crippen LogP contribution in [0.25, 0.3) is 22.6 Å². The van der Waals surface area contributed by atoms with Crippen molar-refractivity contribution in [1.82, 2.24) is 30.0 Å². The van der Waals surface area contributed by atoms with E-state index in [-0.39, 0.29) is 42.8 Å². The molecule has 4 heterocycles. The molecule has 0 spiro atoms. The number of hydrogen-bond acceptors (Lipinski definition) is 8. The van der Waals surface area contributed by atoms with Crippen molar-refractivity contribution in [3.63, 3.8) is 0 Å². The van der Waals surface area contributed by atoms with Gasteiger partial charge in [0, 0.05) is 23.9 Å². The second-order valence-corrected chi connectivity index (χ2v) is 8.67. The summed E-state index contributed by atoms with van der Waals surface area (Å²) in [6, 6.07) is 10.0. The number of amides is 1. The Morgan fingerprint density at radius 1 is 1.20 bits per heavy atom. The highest BCUT2D eigenvalue weighted by Gasteiger charge is 2.40. The van der Waals surface area contributed by atoms with Crippen LogP contribution in [-0.2, 0) is 12.0 Å². The van der Waals surface area contributed by atoms with E-state index in [9.17, 15) is 9.18 Å². The van der Waals surface area contributed by atoms with Gasteiger partial charge in [0.1, 0.15) is 23.0 Å². The van der Waals surface area contributed by atoms with Crippen LogP contribution in [0.5, 0.6) is 0 Å². The Labute approximate surface area is 199 Å². The second-order valence-electron chi connectivity index (χ2n) is 8.67. The van der Waals surface area contributed by atoms with Crippen molar-refractivity contribution in [2.24, 2.45) is 10.7 Å². The van der Waals surface area contributed by atoms with Crippen molar-refractivity contribution in [3.05, 3.63) is 65.2 Å². The van der Waals surface area contributed by atoms with E-state index < -0.39 is 11.3 Å². The van der Waals surface area contributed by atoms with Crippen LogP contribution in [-0.4, -0.2) is 54.7 Å². The molecule has 11 heteroatoms. The standard InChI is InChI=1S/C24H23FN8O2/c1-24(2)16-18(22(35)28-10-11-34)29-20(30-19(16)31-23(24)26)17-14-7-5-9-27-21(14)33(32-17)12-13-6-3-4-8-15(13)25/h3-9,34H,10-12H2,1-2H3,(H,28,35)(H2,26,29,30,31). The number of fused-ring (bicyclic) bond motifs is 2. The molecule has 5 rings (SSSR count). The number of hydrogen-bond donors (Lipinski definition) is 3. The predicted molar refractivity (Wildman–Crippen MR) is 128 cm³/mol. The molecular formula is C24H23FN8O2. The first-order chi connectivity index (χ1) is 16.8. The van der Waals surface area contributed by atoms with Crippen LogP contribution in [0.4, 0.5) is 10.2 Å². The maximum atomic E-state index is 14.3. The fraction of sp³-hybridized carbons (Fsp3) is 0.250. The highest BCUT2D eigenvalue weighted by Crippen LogP contribution is 2.40. The van der Waals surface area contributed by atoms with Gasteiger partial charge in [-0.1, -0.05) is 18.2 Å². The molecular weight excluding hydrogens is 451 g/mol. The van der Waals surface area contributed by atoms with Gasteiger partial charge >= 0.3 is 0 Å². The lowest BCUT2D eigenvalue weighted by Gasteiger charge is -2.21. The van der Waals surface area contributed by atoms with E-state index >= 15 is 0 Å². The average Bonchev–Trinajstić information content (AvgIpc) is 3.32. The van der Waals surface area contributed by atoms with Crippen LogP contribution in [0.2, 0.25) is 0 Å². The molecule has 0 unspecified atom stereocenters. The number of aliphatic imine (C=N–C) groups is 1. The minimum atomic E-state index is -0.756. The molecule has 0 aliphatic carbocycles. The van der Waals surface area contributed by atoms with Gasteiger partial charge in [-0.15, -0.1) is 0 Å². The summed E-state index contributed by atoms with van der Waals surface area (Å²) in [6.45, 7) is 3.67. The lowest BCUT2D eigenvalue weighted by Crippen LogP contribution is -2.36. The number of benzene rings is 1. The average molecular weight is 475 g/mol. The van der Waals surface area contributed by atoms with Crippen molar-refractivity contribution in [2.75, 3.05) is 13.2 Å². The molecule has 0 bridgehead atoms. The number of pyridine rings is 1. The van der Waals surface area contributed by atoms with Gasteiger partial charge in [0.25, 0.3) is 5.91 Å². The zero-order valence-electron chi connectivity index (χ0n) is 19.2. The third-order valence-electron chi connectivity index (χ3n) is 5.99. The molecule has 10 nitrogen and oxygen atoms in total. The first kappa shape index (κ1) is 22.5. The maximum Gasteiger partial charge on any atom is 0.270 e. The number of halogens is 1. The lowest BCUT2D eigenvalue weighted by atomic mass is 9.84. The van der Waals surface area contributed by atoms with Gasteiger partial charge in [0.2, 0.25) is 0 Å². The molecule has 35 heavy (non-hydrogen) atoms. The zero-order chi connectivity index (χ0) is 24.7. The summed E-state index contributed by atoms with van der Waals surface area (Å²) >= 11 is 0. The van der Waals surface area contributed by atoms with E-state index in [0.717, 1.165) is 0 Å². The highest BCUT2D eigenvalue weighted by atomic mass is 19.1. The smallest absolute Gasteiger partial charge is 0.270 e. The summed E-state index contributed by atoms with van der Waals surface area (Å²) in [5.74, 6) is -0.0704. The Hall–Kier alpha value is -4.25. The van der Waals surface area contributed by atoms with Crippen molar-refractivity contribution in [1.29, 1.82) is 0 Å². The fourth-order valence-corrected chi connectivity index (χ4v) is 4.08. The minimum absolute atomic E-state index is 0.0633. The van der Waals surface area contributed by atoms with Crippen LogP contribution >= 0.6 is 0 Å². The Kier molecular flexibility index (Phi) is 5.48. The van der Waals surface area contributed by atoms with Gasteiger partial charge < -0.3 is 16.2 Å². The molecule has 1 aromatic carbocycles. The molecule has 0 fully saturated rings. The maximum absolute atomic E-state index is 14.3. The summed E-state index contributed by atoms with van der Waals surface area (Å²) in [7, 11) is 0. The van der Waals surface area contributed by atoms with Gasteiger partial charge in [-0.05, 0) is 32.0 Å². The summed E-state index contributed by atoms with van der Waals surface area (Å²) in [5, 5.41) is 17.1. The quantitative estimate of drug-likeness (QED) is 0.388. The minimum Gasteiger partial charge on any atom is -0.395 e. The van der Waals surface area contributed by atoms with E-state index in [1.165, 1.54) is 6.07 Å². The number of aliphatic hydroxyl groups is 1. The monoisotopic (exact) mass is 474 g/mol. The van der Waals surface area contributed by atoms with Crippen LogP contribution in [0.3, 0.4) is 0 Å². The number of aliphatic hydroxyl groups excluding tert-OH is 1. The van der Waals surface area contributed by atoms with E-state index in [0.29, 0.717) is 33.7 Å². The van der Waals surface area contributed by atoms with E-state index in [4.69, 9.17) is 10.8 Å². The predicted octanol–water partition coefficient (Wildman–Crippen LogP) is 2.08. The Morgan fingerprint density at radius 2 is 2.00 bits per heavy atom. The molecule has 0 radical (unpaired) electrons. The molecule has 1 amide bonds. The van der Waals surface area contributed by atoms with Gasteiger partial charge in [-0.2, -0.15) is 5.10 Å². The summed E-state index contributed by atoms with van der Waals surface area (Å²) < 4.78 is 15.9. The van der Waals surface area contributed by atoms with Crippen LogP contribution in [0.1, 0.15) is 35.5 Å². The fourth-order valence-electron chi connectivity index (χ4n) is 4.08. The zero-order valence-corrected chi connectivity index (χ0v) is 19.2. The second kappa shape index (κ2) is 8.51. The lowest BCUT2D eigenvalue weighted by molar-refractivity contribution is 0.0938. The molecule has 178 valence electrons. The summed E-state index contributed by atoms with van der Waals surface area (Å²) in [6.07, 6.45) is 1.62. The number of nitrogens with two attached hydrogens (primary N) is 1. The Morgan fingerprint density at radius 3 is 2.77 bits per heavy atom. The van der Waals surface area contributed by atoms with Gasteiger partial charge in [-0.25, -0.2) is 29.0 Å². The molecule has 4 aromatic rings. The number of rotatable bonds is 6. The third kappa shape index (κ3) is 3.79. The van der Waals surface area contributed by atoms with E-state index in [1.807, 2.05) is 19.9 Å². The first-order valence-electron chi connectivity index (χ1n) is 11.0. The van der Waals surface area contributed by atoms with Gasteiger partial charge in [0.05, 0.1) is 24.0 Å². The first-order valence-corrected chi connectivity index (χ1v) is 11.0. The topological polar surface area (TPSA) is 144 Å². The number of carbonyl (C=O) groups excluding carboxylic acids is 1. The van der Waals surface area contributed by atoms with Crippen molar-refractivity contribution in [2.45, 2.75) is 25.8 Å². The number of nitrogens with zero attached hydrogens (tertiary/aromatic N) is 6. The van der Waals surface area contributed by atoms with Gasteiger partial charge in [-0.3, -0.25) is 4.79 Å². The number of carbonyl (C=O) groups is 1. The normalized spacial score (nSPS) is 14.1. The van der Waals surface area contributed by atoms with Crippen LogP contribution < -0.4 is 11.1 Å². The third-order valence-corrected chi connectivity index (χ3v) is 5.99. The summed E-state index contributed by atoms with van der Waals surface area (Å²) in [4.78, 5) is 31.0. The van der Waals surface area contributed by atoms with Crippen molar-refractivity contribution < 1.29 is 14.3 Å². The van der Waals surface area contributed by atoms with Crippen molar-refractivity contribution >= 4 is 28.6 Å². The van der Waals surface area contributed by atoms with Gasteiger partial charge in [0.15, 0.2) is 17.3 Å². The summed E-state index contributed by atoms with van der Waals surface area (Å²) in [5.41, 5.74) is 7.36. The molecule has 4 N–H and O–H groups in total. The molecule has 0 saturated heterocycles.